The van der Waals surface area contributed by atoms with Gasteiger partial charge in [-0.25, -0.2) is 0 Å². The van der Waals surface area contributed by atoms with Gasteiger partial charge in [0.15, 0.2) is 0 Å². The quantitative estimate of drug-likeness (QED) is 0.222. The number of hydrogen-bond donors (Lipinski definition) is 6. The van der Waals surface area contributed by atoms with Crippen LogP contribution in [0.5, 0.6) is 46.0 Å². The number of benzene rings is 4. The Morgan fingerprint density at radius 3 is 2.03 bits per heavy atom. The second kappa shape index (κ2) is 8.12. The van der Waals surface area contributed by atoms with E-state index in [2.05, 4.69) is 0 Å². The molecule has 0 saturated carbocycles. The molecule has 0 unspecified atom stereocenters. The molecular weight excluding hydrogens is 504 g/mol. The molecule has 9 heteroatoms. The summed E-state index contributed by atoms with van der Waals surface area (Å²) in [5.74, 6) is -1.46. The van der Waals surface area contributed by atoms with Crippen LogP contribution in [0, 0.1) is 0 Å². The predicted molar refractivity (Wildman–Crippen MR) is 137 cm³/mol. The monoisotopic (exact) mass is 528 g/mol. The molecule has 0 saturated heterocycles. The highest BCUT2D eigenvalue weighted by molar-refractivity contribution is 5.67. The van der Waals surface area contributed by atoms with E-state index in [1.807, 2.05) is 0 Å². The molecule has 3 aliphatic rings. The smallest absolute Gasteiger partial charge is 0.278 e. The van der Waals surface area contributed by atoms with E-state index in [9.17, 15) is 30.6 Å². The Morgan fingerprint density at radius 1 is 0.692 bits per heavy atom. The number of fused-ring (bicyclic) bond motifs is 8. The van der Waals surface area contributed by atoms with Gasteiger partial charge in [-0.15, -0.1) is 0 Å². The van der Waals surface area contributed by atoms with Crippen molar-refractivity contribution in [1.29, 1.82) is 0 Å². The Morgan fingerprint density at radius 2 is 1.33 bits per heavy atom. The van der Waals surface area contributed by atoms with Gasteiger partial charge in [0, 0.05) is 59.2 Å². The normalized spacial score (nSPS) is 24.3. The molecular formula is C30H24O9. The van der Waals surface area contributed by atoms with Gasteiger partial charge in [-0.2, -0.15) is 0 Å². The first-order valence-corrected chi connectivity index (χ1v) is 12.5. The number of rotatable bonds is 2. The maximum absolute atomic E-state index is 11.0. The molecule has 0 amide bonds. The average molecular weight is 529 g/mol. The zero-order chi connectivity index (χ0) is 27.1. The Bertz CT molecular complexity index is 1610. The van der Waals surface area contributed by atoms with Crippen molar-refractivity contribution >= 4 is 0 Å². The lowest BCUT2D eigenvalue weighted by molar-refractivity contribution is -0.149. The van der Waals surface area contributed by atoms with Crippen molar-refractivity contribution < 1.29 is 44.8 Å². The SMILES string of the molecule is Oc1ccc([C@@H]2Oc3c(c(O)cc4c3[C@H]3C[C@](c5ccc(O)cc5)(Oc5cc(O)cc(O)c53)O4)C[C@@H]2O)cc1. The molecule has 2 bridgehead atoms. The Balaban J connectivity index is 1.44. The molecule has 198 valence electrons. The summed E-state index contributed by atoms with van der Waals surface area (Å²) in [5, 5.41) is 62.7. The Kier molecular flexibility index (Phi) is 4.86. The van der Waals surface area contributed by atoms with Gasteiger partial charge < -0.3 is 44.8 Å². The first kappa shape index (κ1) is 23.4. The summed E-state index contributed by atoms with van der Waals surface area (Å²) >= 11 is 0. The van der Waals surface area contributed by atoms with E-state index < -0.39 is 23.9 Å². The first-order chi connectivity index (χ1) is 18.7. The topological polar surface area (TPSA) is 149 Å². The fourth-order valence-electron chi connectivity index (χ4n) is 5.96. The van der Waals surface area contributed by atoms with Crippen LogP contribution in [0.3, 0.4) is 0 Å². The van der Waals surface area contributed by atoms with Crippen molar-refractivity contribution in [3.8, 4) is 46.0 Å². The van der Waals surface area contributed by atoms with Gasteiger partial charge in [0.1, 0.15) is 52.1 Å². The van der Waals surface area contributed by atoms with Crippen LogP contribution in [0.2, 0.25) is 0 Å². The summed E-state index contributed by atoms with van der Waals surface area (Å²) in [6.45, 7) is 0. The molecule has 9 nitrogen and oxygen atoms in total. The molecule has 0 spiro atoms. The summed E-state index contributed by atoms with van der Waals surface area (Å²) < 4.78 is 19.2. The number of phenolic OH excluding ortho intramolecular Hbond substituents is 5. The van der Waals surface area contributed by atoms with Crippen molar-refractivity contribution in [2.75, 3.05) is 0 Å². The van der Waals surface area contributed by atoms with Gasteiger partial charge in [-0.1, -0.05) is 12.1 Å². The fraction of sp³-hybridized carbons (Fsp3) is 0.200. The van der Waals surface area contributed by atoms with Gasteiger partial charge in [0.25, 0.3) is 5.79 Å². The van der Waals surface area contributed by atoms with Gasteiger partial charge in [-0.3, -0.25) is 0 Å². The van der Waals surface area contributed by atoms with Crippen molar-refractivity contribution in [2.45, 2.75) is 36.8 Å². The zero-order valence-corrected chi connectivity index (χ0v) is 20.4. The van der Waals surface area contributed by atoms with E-state index in [-0.39, 0.29) is 53.1 Å². The van der Waals surface area contributed by atoms with E-state index >= 15 is 0 Å². The van der Waals surface area contributed by atoms with E-state index in [4.69, 9.17) is 14.2 Å². The third-order valence-electron chi connectivity index (χ3n) is 7.72. The van der Waals surface area contributed by atoms with Crippen LogP contribution < -0.4 is 14.2 Å². The van der Waals surface area contributed by atoms with Crippen molar-refractivity contribution in [2.24, 2.45) is 0 Å². The average Bonchev–Trinajstić information content (AvgIpc) is 2.89. The third-order valence-corrected chi connectivity index (χ3v) is 7.72. The summed E-state index contributed by atoms with van der Waals surface area (Å²) in [6.07, 6.45) is -1.46. The van der Waals surface area contributed by atoms with Crippen LogP contribution >= 0.6 is 0 Å². The van der Waals surface area contributed by atoms with E-state index in [1.165, 1.54) is 42.5 Å². The largest absolute Gasteiger partial charge is 0.508 e. The number of hydrogen-bond acceptors (Lipinski definition) is 9. The molecule has 4 aromatic carbocycles. The van der Waals surface area contributed by atoms with Gasteiger partial charge >= 0.3 is 0 Å². The molecule has 6 N–H and O–H groups in total. The highest BCUT2D eigenvalue weighted by atomic mass is 16.7. The molecule has 7 rings (SSSR count). The number of phenols is 5. The Hall–Kier alpha value is -4.76. The molecule has 0 aliphatic carbocycles. The van der Waals surface area contributed by atoms with Crippen LogP contribution in [-0.2, 0) is 12.2 Å². The third kappa shape index (κ3) is 3.50. The summed E-state index contributed by atoms with van der Waals surface area (Å²) in [5.41, 5.74) is 2.62. The minimum atomic E-state index is -1.40. The van der Waals surface area contributed by atoms with Gasteiger partial charge in [0.2, 0.25) is 0 Å². The molecule has 4 aromatic rings. The zero-order valence-electron chi connectivity index (χ0n) is 20.4. The molecule has 39 heavy (non-hydrogen) atoms. The maximum atomic E-state index is 11.0. The van der Waals surface area contributed by atoms with Crippen LogP contribution in [-0.4, -0.2) is 36.7 Å². The molecule has 0 fully saturated rings. The maximum Gasteiger partial charge on any atom is 0.278 e. The number of aliphatic hydroxyl groups is 1. The number of aromatic hydroxyl groups is 5. The van der Waals surface area contributed by atoms with Crippen molar-refractivity contribution in [1.82, 2.24) is 0 Å². The van der Waals surface area contributed by atoms with Gasteiger partial charge in [-0.05, 0) is 42.0 Å². The summed E-state index contributed by atoms with van der Waals surface area (Å²) in [7, 11) is 0. The lowest BCUT2D eigenvalue weighted by Gasteiger charge is -2.47. The van der Waals surface area contributed by atoms with Gasteiger partial charge in [0.05, 0.1) is 6.10 Å². The highest BCUT2D eigenvalue weighted by Gasteiger charge is 2.53. The minimum Gasteiger partial charge on any atom is -0.508 e. The van der Waals surface area contributed by atoms with Crippen molar-refractivity contribution in [3.63, 3.8) is 0 Å². The van der Waals surface area contributed by atoms with Crippen LogP contribution in [0.15, 0.2) is 66.7 Å². The standard InChI is InChI=1S/C30H24O9/c31-16-5-1-14(2-6-16)28-23(36)11-19-21(34)12-25-27(29(19)37-28)20-13-30(39-25,15-3-7-17(32)8-4-15)38-24-10-18(33)9-22(35)26(20)24/h1-10,12,20,23,28,31-36H,11,13H2/t20-,23-,28-,30-/m0/s1. The molecule has 0 radical (unpaired) electrons. The molecule has 4 atom stereocenters. The van der Waals surface area contributed by atoms with Crippen LogP contribution in [0.25, 0.3) is 0 Å². The van der Waals surface area contributed by atoms with Crippen molar-refractivity contribution in [3.05, 3.63) is 94.5 Å². The lowest BCUT2D eigenvalue weighted by Crippen LogP contribution is -2.47. The second-order valence-corrected chi connectivity index (χ2v) is 10.2. The first-order valence-electron chi connectivity index (χ1n) is 12.5. The van der Waals surface area contributed by atoms with E-state index in [1.54, 1.807) is 24.3 Å². The predicted octanol–water partition coefficient (Wildman–Crippen LogP) is 4.41. The van der Waals surface area contributed by atoms with Crippen LogP contribution in [0.1, 0.15) is 46.3 Å². The molecule has 3 aliphatic heterocycles. The number of ether oxygens (including phenoxy) is 3. The summed E-state index contributed by atoms with van der Waals surface area (Å²) in [4.78, 5) is 0. The lowest BCUT2D eigenvalue weighted by atomic mass is 9.76. The molecule has 3 heterocycles. The highest BCUT2D eigenvalue weighted by Crippen LogP contribution is 2.62. The number of aliphatic hydroxyl groups excluding tert-OH is 1. The summed E-state index contributed by atoms with van der Waals surface area (Å²) in [6, 6.07) is 16.8. The fourth-order valence-corrected chi connectivity index (χ4v) is 5.96. The minimum absolute atomic E-state index is 0.0633. The van der Waals surface area contributed by atoms with E-state index in [0.29, 0.717) is 33.6 Å². The van der Waals surface area contributed by atoms with Crippen LogP contribution in [0.4, 0.5) is 0 Å². The van der Waals surface area contributed by atoms with E-state index in [0.717, 1.165) is 0 Å². The second-order valence-electron chi connectivity index (χ2n) is 10.2. The Labute approximate surface area is 222 Å². The molecule has 0 aromatic heterocycles.